The summed E-state index contributed by atoms with van der Waals surface area (Å²) in [4.78, 5) is 26.9. The molecule has 3 aromatic rings. The monoisotopic (exact) mass is 447 g/mol. The van der Waals surface area contributed by atoms with E-state index in [2.05, 4.69) is 30.4 Å². The van der Waals surface area contributed by atoms with Gasteiger partial charge in [-0.25, -0.2) is 4.98 Å². The number of anilines is 2. The number of amides is 1. The zero-order chi connectivity index (χ0) is 22.9. The molecule has 1 amide bonds. The molecule has 1 aliphatic heterocycles. The first-order valence-electron chi connectivity index (χ1n) is 10.6. The van der Waals surface area contributed by atoms with Crippen LogP contribution in [0.5, 0.6) is 5.88 Å². The van der Waals surface area contributed by atoms with Gasteiger partial charge < -0.3 is 20.1 Å². The molecule has 3 heterocycles. The van der Waals surface area contributed by atoms with E-state index in [1.807, 2.05) is 24.3 Å². The van der Waals surface area contributed by atoms with Crippen molar-refractivity contribution in [2.45, 2.75) is 6.42 Å². The highest BCUT2D eigenvalue weighted by Crippen LogP contribution is 2.19. The quantitative estimate of drug-likeness (QED) is 0.376. The van der Waals surface area contributed by atoms with Gasteiger partial charge in [0, 0.05) is 43.0 Å². The first-order chi connectivity index (χ1) is 16.2. The highest BCUT2D eigenvalue weighted by molar-refractivity contribution is 5.93. The standard InChI is InChI=1S/C23H25N7O3/c24-23(31)17-4-3-6-19(14-17)29-26-16-20-27-21(30-9-12-32-13-10-30)15-22(28-20)33-11-7-18-5-1-2-8-25-18/h1-6,8,14-16,29H,7,9-13H2,(H2,24,31)/b26-16+. The van der Waals surface area contributed by atoms with Crippen LogP contribution in [0.2, 0.25) is 0 Å². The zero-order valence-electron chi connectivity index (χ0n) is 18.1. The molecule has 0 unspecified atom stereocenters. The Balaban J connectivity index is 1.47. The van der Waals surface area contributed by atoms with E-state index >= 15 is 0 Å². The molecule has 2 aromatic heterocycles. The summed E-state index contributed by atoms with van der Waals surface area (Å²) in [5, 5.41) is 4.21. The Labute approximate surface area is 191 Å². The molecule has 1 fully saturated rings. The number of ether oxygens (including phenoxy) is 2. The topological polar surface area (TPSA) is 128 Å². The number of hydrogen-bond donors (Lipinski definition) is 2. The van der Waals surface area contributed by atoms with E-state index in [1.54, 1.807) is 30.5 Å². The molecule has 4 rings (SSSR count). The second kappa shape index (κ2) is 11.0. The van der Waals surface area contributed by atoms with Crippen LogP contribution in [0.3, 0.4) is 0 Å². The summed E-state index contributed by atoms with van der Waals surface area (Å²) >= 11 is 0. The van der Waals surface area contributed by atoms with Crippen molar-refractivity contribution in [3.05, 3.63) is 71.8 Å². The Morgan fingerprint density at radius 3 is 2.85 bits per heavy atom. The van der Waals surface area contributed by atoms with E-state index in [-0.39, 0.29) is 0 Å². The van der Waals surface area contributed by atoms with Crippen LogP contribution in [0.25, 0.3) is 0 Å². The number of hydrogen-bond acceptors (Lipinski definition) is 9. The average Bonchev–Trinajstić information content (AvgIpc) is 2.85. The molecule has 1 aromatic carbocycles. The van der Waals surface area contributed by atoms with E-state index in [0.717, 1.165) is 24.6 Å². The van der Waals surface area contributed by atoms with Crippen molar-refractivity contribution in [3.63, 3.8) is 0 Å². The number of carbonyl (C=O) groups is 1. The summed E-state index contributed by atoms with van der Waals surface area (Å²) in [5.41, 5.74) is 10.2. The predicted molar refractivity (Wildman–Crippen MR) is 125 cm³/mol. The highest BCUT2D eigenvalue weighted by Gasteiger charge is 2.15. The smallest absolute Gasteiger partial charge is 0.248 e. The number of rotatable bonds is 9. The number of hydrazone groups is 1. The maximum atomic E-state index is 11.4. The van der Waals surface area contributed by atoms with Crippen molar-refractivity contribution in [1.29, 1.82) is 0 Å². The van der Waals surface area contributed by atoms with Crippen LogP contribution >= 0.6 is 0 Å². The molecule has 10 heteroatoms. The number of benzene rings is 1. The molecule has 0 aliphatic carbocycles. The summed E-state index contributed by atoms with van der Waals surface area (Å²) in [6.07, 6.45) is 3.93. The molecule has 1 saturated heterocycles. The van der Waals surface area contributed by atoms with Crippen LogP contribution in [-0.2, 0) is 11.2 Å². The van der Waals surface area contributed by atoms with Crippen molar-refractivity contribution < 1.29 is 14.3 Å². The minimum absolute atomic E-state index is 0.393. The lowest BCUT2D eigenvalue weighted by molar-refractivity contribution is 0.100. The SMILES string of the molecule is NC(=O)c1cccc(N/N=C/c2nc(OCCc3ccccn3)cc(N3CCOCC3)n2)c1. The molecule has 0 atom stereocenters. The van der Waals surface area contributed by atoms with Gasteiger partial charge in [-0.2, -0.15) is 10.1 Å². The van der Waals surface area contributed by atoms with Gasteiger partial charge in [-0.05, 0) is 30.3 Å². The third-order valence-corrected chi connectivity index (χ3v) is 4.90. The Morgan fingerprint density at radius 1 is 1.18 bits per heavy atom. The van der Waals surface area contributed by atoms with Gasteiger partial charge in [-0.1, -0.05) is 12.1 Å². The Hall–Kier alpha value is -4.05. The van der Waals surface area contributed by atoms with Crippen molar-refractivity contribution in [3.8, 4) is 5.88 Å². The molecular weight excluding hydrogens is 422 g/mol. The number of nitrogens with one attached hydrogen (secondary N) is 1. The third kappa shape index (κ3) is 6.47. The highest BCUT2D eigenvalue weighted by atomic mass is 16.5. The fourth-order valence-electron chi connectivity index (χ4n) is 3.23. The van der Waals surface area contributed by atoms with Crippen LogP contribution in [0.15, 0.2) is 59.8 Å². The van der Waals surface area contributed by atoms with Gasteiger partial charge in [0.15, 0.2) is 5.82 Å². The van der Waals surface area contributed by atoms with Crippen molar-refractivity contribution >= 4 is 23.6 Å². The van der Waals surface area contributed by atoms with E-state index in [1.165, 1.54) is 6.21 Å². The second-order valence-corrected chi connectivity index (χ2v) is 7.26. The molecule has 0 bridgehead atoms. The number of morpholine rings is 1. The van der Waals surface area contributed by atoms with Crippen LogP contribution in [0.1, 0.15) is 21.9 Å². The van der Waals surface area contributed by atoms with E-state index in [9.17, 15) is 4.79 Å². The first-order valence-corrected chi connectivity index (χ1v) is 10.6. The number of pyridine rings is 1. The van der Waals surface area contributed by atoms with E-state index in [4.69, 9.17) is 15.2 Å². The molecule has 33 heavy (non-hydrogen) atoms. The van der Waals surface area contributed by atoms with Gasteiger partial charge in [0.2, 0.25) is 11.8 Å². The molecule has 1 aliphatic rings. The van der Waals surface area contributed by atoms with Crippen LogP contribution in [0, 0.1) is 0 Å². The summed E-state index contributed by atoms with van der Waals surface area (Å²) < 4.78 is 11.3. The van der Waals surface area contributed by atoms with E-state index in [0.29, 0.717) is 49.2 Å². The molecule has 170 valence electrons. The number of carbonyl (C=O) groups excluding carboxylic acids is 1. The number of nitrogens with two attached hydrogens (primary N) is 1. The van der Waals surface area contributed by atoms with Crippen molar-refractivity contribution in [2.24, 2.45) is 10.8 Å². The molecule has 0 radical (unpaired) electrons. The molecular formula is C23H25N7O3. The number of aromatic nitrogens is 3. The van der Waals surface area contributed by atoms with Crippen molar-refractivity contribution in [1.82, 2.24) is 15.0 Å². The lowest BCUT2D eigenvalue weighted by Gasteiger charge is -2.28. The predicted octanol–water partition coefficient (Wildman–Crippen LogP) is 1.87. The number of nitrogens with zero attached hydrogens (tertiary/aromatic N) is 5. The normalized spacial score (nSPS) is 13.8. The maximum absolute atomic E-state index is 11.4. The summed E-state index contributed by atoms with van der Waals surface area (Å²) in [5.74, 6) is 1.10. The molecule has 10 nitrogen and oxygen atoms in total. The Morgan fingerprint density at radius 2 is 2.06 bits per heavy atom. The summed E-state index contributed by atoms with van der Waals surface area (Å²) in [7, 11) is 0. The van der Waals surface area contributed by atoms with Crippen LogP contribution < -0.4 is 20.8 Å². The largest absolute Gasteiger partial charge is 0.477 e. The zero-order valence-corrected chi connectivity index (χ0v) is 18.1. The third-order valence-electron chi connectivity index (χ3n) is 4.90. The Bertz CT molecular complexity index is 1100. The fourth-order valence-corrected chi connectivity index (χ4v) is 3.23. The van der Waals surface area contributed by atoms with Gasteiger partial charge in [0.1, 0.15) is 5.82 Å². The van der Waals surface area contributed by atoms with Crippen molar-refractivity contribution in [2.75, 3.05) is 43.2 Å². The minimum Gasteiger partial charge on any atom is -0.477 e. The van der Waals surface area contributed by atoms with E-state index < -0.39 is 5.91 Å². The average molecular weight is 447 g/mol. The maximum Gasteiger partial charge on any atom is 0.248 e. The van der Waals surface area contributed by atoms with Gasteiger partial charge in [-0.15, -0.1) is 0 Å². The van der Waals surface area contributed by atoms with Gasteiger partial charge in [0.25, 0.3) is 0 Å². The second-order valence-electron chi connectivity index (χ2n) is 7.26. The first kappa shape index (κ1) is 22.2. The summed E-state index contributed by atoms with van der Waals surface area (Å²) in [6.45, 7) is 3.19. The van der Waals surface area contributed by atoms with Gasteiger partial charge >= 0.3 is 0 Å². The molecule has 3 N–H and O–H groups in total. The fraction of sp³-hybridized carbons (Fsp3) is 0.261. The molecule has 0 saturated carbocycles. The van der Waals surface area contributed by atoms with Crippen LogP contribution in [0.4, 0.5) is 11.5 Å². The van der Waals surface area contributed by atoms with Crippen LogP contribution in [-0.4, -0.2) is 60.0 Å². The summed E-state index contributed by atoms with van der Waals surface area (Å²) in [6, 6.07) is 14.4. The van der Waals surface area contributed by atoms with Gasteiger partial charge in [0.05, 0.1) is 31.7 Å². The lowest BCUT2D eigenvalue weighted by atomic mass is 10.2. The number of primary amides is 1. The minimum atomic E-state index is -0.503. The lowest BCUT2D eigenvalue weighted by Crippen LogP contribution is -2.37. The van der Waals surface area contributed by atoms with Gasteiger partial charge in [-0.3, -0.25) is 15.2 Å². The molecule has 0 spiro atoms. The Kier molecular flexibility index (Phi) is 7.39.